The van der Waals surface area contributed by atoms with Crippen LogP contribution >= 0.6 is 0 Å². The summed E-state index contributed by atoms with van der Waals surface area (Å²) in [5.41, 5.74) is 0.907. The number of nitrogens with zero attached hydrogens (tertiary/aromatic N) is 1. The van der Waals surface area contributed by atoms with E-state index in [2.05, 4.69) is 9.97 Å². The average Bonchev–Trinajstić information content (AvgIpc) is 2.59. The fourth-order valence-corrected chi connectivity index (χ4v) is 0.822. The Labute approximate surface area is 57.7 Å². The molecule has 2 aromatic heterocycles. The molecule has 0 saturated heterocycles. The zero-order valence-electron chi connectivity index (χ0n) is 5.24. The lowest BCUT2D eigenvalue weighted by Gasteiger charge is -1.85. The molecule has 0 spiro atoms. The quantitative estimate of drug-likeness (QED) is 0.644. The van der Waals surface area contributed by atoms with Gasteiger partial charge in [0.15, 0.2) is 5.76 Å². The first-order valence-corrected chi connectivity index (χ1v) is 2.99. The highest BCUT2D eigenvalue weighted by Crippen LogP contribution is 2.14. The molecular formula is C7H6N2O. The number of rotatable bonds is 1. The molecule has 0 aliphatic heterocycles. The van der Waals surface area contributed by atoms with Crippen LogP contribution in [0.1, 0.15) is 0 Å². The van der Waals surface area contributed by atoms with Crippen molar-refractivity contribution in [2.45, 2.75) is 0 Å². The summed E-state index contributed by atoms with van der Waals surface area (Å²) in [5, 5.41) is 0. The third-order valence-electron chi connectivity index (χ3n) is 1.28. The Morgan fingerprint density at radius 2 is 2.50 bits per heavy atom. The zero-order valence-corrected chi connectivity index (χ0v) is 5.24. The van der Waals surface area contributed by atoms with E-state index in [9.17, 15) is 0 Å². The molecule has 0 saturated carbocycles. The topological polar surface area (TPSA) is 41.8 Å². The van der Waals surface area contributed by atoms with Crippen molar-refractivity contribution >= 4 is 0 Å². The van der Waals surface area contributed by atoms with Gasteiger partial charge in [-0.1, -0.05) is 0 Å². The van der Waals surface area contributed by atoms with Crippen LogP contribution in [-0.2, 0) is 0 Å². The average molecular weight is 134 g/mol. The predicted molar refractivity (Wildman–Crippen MR) is 36.3 cm³/mol. The molecule has 2 rings (SSSR count). The first kappa shape index (κ1) is 5.29. The summed E-state index contributed by atoms with van der Waals surface area (Å²) in [6.45, 7) is 0. The van der Waals surface area contributed by atoms with Crippen LogP contribution in [0.25, 0.3) is 11.5 Å². The number of nitrogens with one attached hydrogen (secondary N) is 1. The lowest BCUT2D eigenvalue weighted by molar-refractivity contribution is 0.580. The molecule has 2 aromatic rings. The Morgan fingerprint density at radius 1 is 1.50 bits per heavy atom. The van der Waals surface area contributed by atoms with Crippen molar-refractivity contribution < 1.29 is 4.42 Å². The second-order valence-electron chi connectivity index (χ2n) is 1.94. The number of H-pyrrole nitrogens is 1. The molecule has 0 aliphatic carbocycles. The van der Waals surface area contributed by atoms with Crippen molar-refractivity contribution in [3.63, 3.8) is 0 Å². The predicted octanol–water partition coefficient (Wildman–Crippen LogP) is 1.67. The van der Waals surface area contributed by atoms with Gasteiger partial charge in [-0.3, -0.25) is 0 Å². The molecule has 0 bridgehead atoms. The van der Waals surface area contributed by atoms with Gasteiger partial charge >= 0.3 is 0 Å². The molecule has 0 atom stereocenters. The highest BCUT2D eigenvalue weighted by molar-refractivity contribution is 5.49. The first-order chi connectivity index (χ1) is 4.97. The molecule has 0 aliphatic rings. The normalized spacial score (nSPS) is 10.0. The van der Waals surface area contributed by atoms with E-state index in [1.54, 1.807) is 18.8 Å². The summed E-state index contributed by atoms with van der Waals surface area (Å²) in [5.74, 6) is 0.817. The Morgan fingerprint density at radius 3 is 3.10 bits per heavy atom. The van der Waals surface area contributed by atoms with Crippen molar-refractivity contribution in [2.75, 3.05) is 0 Å². The maximum absolute atomic E-state index is 5.11. The molecule has 0 amide bonds. The van der Waals surface area contributed by atoms with Crippen molar-refractivity contribution in [3.05, 3.63) is 30.9 Å². The minimum absolute atomic E-state index is 0.817. The molecule has 0 unspecified atom stereocenters. The fourth-order valence-electron chi connectivity index (χ4n) is 0.822. The highest BCUT2D eigenvalue weighted by Gasteiger charge is 1.98. The van der Waals surface area contributed by atoms with Crippen LogP contribution in [0.3, 0.4) is 0 Å². The molecule has 0 radical (unpaired) electrons. The van der Waals surface area contributed by atoms with Crippen molar-refractivity contribution in [1.82, 2.24) is 9.97 Å². The SMILES string of the molecule is c1coc(-c2cnc[nH]2)c1. The van der Waals surface area contributed by atoms with Crippen molar-refractivity contribution in [3.8, 4) is 11.5 Å². The maximum atomic E-state index is 5.11. The summed E-state index contributed by atoms with van der Waals surface area (Å²) < 4.78 is 5.11. The number of aromatic amines is 1. The van der Waals surface area contributed by atoms with Crippen LogP contribution in [0.4, 0.5) is 0 Å². The molecule has 3 heteroatoms. The number of imidazole rings is 1. The van der Waals surface area contributed by atoms with E-state index in [4.69, 9.17) is 4.42 Å². The second-order valence-corrected chi connectivity index (χ2v) is 1.94. The van der Waals surface area contributed by atoms with Crippen LogP contribution in [-0.4, -0.2) is 9.97 Å². The molecule has 1 N–H and O–H groups in total. The third-order valence-corrected chi connectivity index (χ3v) is 1.28. The van der Waals surface area contributed by atoms with Crippen LogP contribution in [0.15, 0.2) is 35.3 Å². The van der Waals surface area contributed by atoms with Gasteiger partial charge in [-0.2, -0.15) is 0 Å². The van der Waals surface area contributed by atoms with Crippen molar-refractivity contribution in [2.24, 2.45) is 0 Å². The van der Waals surface area contributed by atoms with Gasteiger partial charge in [0.2, 0.25) is 0 Å². The number of furan rings is 1. The van der Waals surface area contributed by atoms with E-state index in [0.29, 0.717) is 0 Å². The minimum atomic E-state index is 0.817. The molecule has 10 heavy (non-hydrogen) atoms. The summed E-state index contributed by atoms with van der Waals surface area (Å²) in [6.07, 6.45) is 4.98. The Kier molecular flexibility index (Phi) is 1.07. The van der Waals surface area contributed by atoms with Gasteiger partial charge < -0.3 is 9.40 Å². The van der Waals surface area contributed by atoms with Crippen LogP contribution in [0.2, 0.25) is 0 Å². The number of hydrogen-bond acceptors (Lipinski definition) is 2. The number of hydrogen-bond donors (Lipinski definition) is 1. The van der Waals surface area contributed by atoms with E-state index < -0.39 is 0 Å². The monoisotopic (exact) mass is 134 g/mol. The van der Waals surface area contributed by atoms with E-state index >= 15 is 0 Å². The summed E-state index contributed by atoms with van der Waals surface area (Å²) in [6, 6.07) is 3.73. The van der Waals surface area contributed by atoms with Crippen LogP contribution in [0, 0.1) is 0 Å². The van der Waals surface area contributed by atoms with Crippen LogP contribution < -0.4 is 0 Å². The van der Waals surface area contributed by atoms with E-state index in [1.807, 2.05) is 12.1 Å². The lowest BCUT2D eigenvalue weighted by atomic mass is 10.4. The Hall–Kier alpha value is -1.51. The third kappa shape index (κ3) is 0.719. The van der Waals surface area contributed by atoms with Gasteiger partial charge in [-0.25, -0.2) is 4.98 Å². The van der Waals surface area contributed by atoms with E-state index in [1.165, 1.54) is 0 Å². The Balaban J connectivity index is 2.48. The fraction of sp³-hybridized carbons (Fsp3) is 0. The molecule has 50 valence electrons. The van der Waals surface area contributed by atoms with E-state index in [0.717, 1.165) is 11.5 Å². The number of aromatic nitrogens is 2. The van der Waals surface area contributed by atoms with Gasteiger partial charge in [0, 0.05) is 0 Å². The van der Waals surface area contributed by atoms with Gasteiger partial charge in [-0.05, 0) is 12.1 Å². The molecule has 2 heterocycles. The molecular weight excluding hydrogens is 128 g/mol. The Bertz CT molecular complexity index is 251. The molecule has 3 nitrogen and oxygen atoms in total. The zero-order chi connectivity index (χ0) is 6.81. The largest absolute Gasteiger partial charge is 0.463 e. The summed E-state index contributed by atoms with van der Waals surface area (Å²) in [7, 11) is 0. The van der Waals surface area contributed by atoms with Gasteiger partial charge in [0.1, 0.15) is 5.69 Å². The molecule has 0 aromatic carbocycles. The standard InChI is InChI=1S/C7H6N2O/c1-2-7(10-3-1)6-4-8-5-9-6/h1-5H,(H,8,9). The van der Waals surface area contributed by atoms with E-state index in [-0.39, 0.29) is 0 Å². The smallest absolute Gasteiger partial charge is 0.151 e. The summed E-state index contributed by atoms with van der Waals surface area (Å²) in [4.78, 5) is 6.80. The summed E-state index contributed by atoms with van der Waals surface area (Å²) >= 11 is 0. The lowest BCUT2D eigenvalue weighted by Crippen LogP contribution is -1.68. The first-order valence-electron chi connectivity index (χ1n) is 2.99. The minimum Gasteiger partial charge on any atom is -0.463 e. The van der Waals surface area contributed by atoms with Crippen molar-refractivity contribution in [1.29, 1.82) is 0 Å². The second kappa shape index (κ2) is 2.02. The highest BCUT2D eigenvalue weighted by atomic mass is 16.3. The van der Waals surface area contributed by atoms with Gasteiger partial charge in [0.25, 0.3) is 0 Å². The van der Waals surface area contributed by atoms with Crippen LogP contribution in [0.5, 0.6) is 0 Å². The van der Waals surface area contributed by atoms with Gasteiger partial charge in [-0.15, -0.1) is 0 Å². The maximum Gasteiger partial charge on any atom is 0.151 e. The molecule has 0 fully saturated rings. The van der Waals surface area contributed by atoms with Gasteiger partial charge in [0.05, 0.1) is 18.8 Å².